The second-order valence-corrected chi connectivity index (χ2v) is 2.68. The first kappa shape index (κ1) is 7.34. The molecule has 4 heteroatoms. The highest BCUT2D eigenvalue weighted by molar-refractivity contribution is 8.00. The summed E-state index contributed by atoms with van der Waals surface area (Å²) in [6.07, 6.45) is 2.86. The van der Waals surface area contributed by atoms with Gasteiger partial charge in [0.2, 0.25) is 5.56 Å². The number of carbonyl (C=O) groups is 1. The fourth-order valence-corrected chi connectivity index (χ4v) is 1.18. The highest BCUT2D eigenvalue weighted by Crippen LogP contribution is 2.17. The fraction of sp³-hybridized carbons (Fsp3) is 0.333. The number of aliphatic imine (C=N–C) groups is 1. The summed E-state index contributed by atoms with van der Waals surface area (Å²) in [6, 6.07) is 0. The summed E-state index contributed by atoms with van der Waals surface area (Å²) in [7, 11) is 0. The molecule has 0 saturated carbocycles. The average molecular weight is 157 g/mol. The van der Waals surface area contributed by atoms with E-state index in [4.69, 9.17) is 4.74 Å². The van der Waals surface area contributed by atoms with Gasteiger partial charge >= 0.3 is 5.97 Å². The van der Waals surface area contributed by atoms with Crippen molar-refractivity contribution >= 4 is 23.9 Å². The molecule has 0 aliphatic carbocycles. The van der Waals surface area contributed by atoms with Gasteiger partial charge in [0.05, 0.1) is 0 Å². The zero-order chi connectivity index (χ0) is 7.40. The maximum atomic E-state index is 10.5. The van der Waals surface area contributed by atoms with E-state index in [0.29, 0.717) is 0 Å². The van der Waals surface area contributed by atoms with Gasteiger partial charge in [0, 0.05) is 18.0 Å². The number of esters is 1. The summed E-state index contributed by atoms with van der Waals surface area (Å²) in [5, 5.41) is 0. The molecule has 0 spiro atoms. The Kier molecular flexibility index (Phi) is 2.50. The topological polar surface area (TPSA) is 38.7 Å². The van der Waals surface area contributed by atoms with Gasteiger partial charge in [-0.25, -0.2) is 9.79 Å². The lowest BCUT2D eigenvalue weighted by molar-refractivity contribution is -0.138. The van der Waals surface area contributed by atoms with Crippen LogP contribution in [0.2, 0.25) is 0 Å². The summed E-state index contributed by atoms with van der Waals surface area (Å²) >= 11 is 1.47. The highest BCUT2D eigenvalue weighted by atomic mass is 32.2. The van der Waals surface area contributed by atoms with Crippen molar-refractivity contribution in [1.82, 2.24) is 0 Å². The van der Waals surface area contributed by atoms with Crippen LogP contribution in [-0.2, 0) is 9.53 Å². The largest absolute Gasteiger partial charge is 0.427 e. The molecule has 1 aliphatic heterocycles. The monoisotopic (exact) mass is 157 g/mol. The van der Waals surface area contributed by atoms with E-state index >= 15 is 0 Å². The molecule has 3 nitrogen and oxygen atoms in total. The van der Waals surface area contributed by atoms with Crippen molar-refractivity contribution in [3.8, 4) is 0 Å². The smallest absolute Gasteiger partial charge is 0.332 e. The average Bonchev–Trinajstić information content (AvgIpc) is 2.40. The van der Waals surface area contributed by atoms with E-state index in [1.807, 2.05) is 0 Å². The van der Waals surface area contributed by atoms with Crippen LogP contribution >= 0.6 is 11.8 Å². The van der Waals surface area contributed by atoms with E-state index in [-0.39, 0.29) is 5.56 Å². The molecule has 0 amide bonds. The van der Waals surface area contributed by atoms with E-state index in [2.05, 4.69) is 11.6 Å². The van der Waals surface area contributed by atoms with Crippen LogP contribution in [-0.4, -0.2) is 23.5 Å². The SMILES string of the molecule is C=CC(=O)OC1N=CCS1. The van der Waals surface area contributed by atoms with Gasteiger partial charge in [-0.15, -0.1) is 0 Å². The van der Waals surface area contributed by atoms with Gasteiger partial charge in [0.15, 0.2) is 0 Å². The summed E-state index contributed by atoms with van der Waals surface area (Å²) in [5.41, 5.74) is -0.342. The van der Waals surface area contributed by atoms with Crippen molar-refractivity contribution in [1.29, 1.82) is 0 Å². The van der Waals surface area contributed by atoms with Crippen LogP contribution in [0.3, 0.4) is 0 Å². The Morgan fingerprint density at radius 1 is 2.00 bits per heavy atom. The molecule has 0 aromatic carbocycles. The molecular weight excluding hydrogens is 150 g/mol. The van der Waals surface area contributed by atoms with E-state index in [1.54, 1.807) is 6.21 Å². The second-order valence-electron chi connectivity index (χ2n) is 1.61. The molecule has 0 saturated heterocycles. The minimum Gasteiger partial charge on any atom is -0.427 e. The molecular formula is C6H7NO2S. The second kappa shape index (κ2) is 3.41. The minimum absolute atomic E-state index is 0.342. The Labute approximate surface area is 63.2 Å². The maximum absolute atomic E-state index is 10.5. The van der Waals surface area contributed by atoms with Gasteiger partial charge in [0.1, 0.15) is 0 Å². The molecule has 0 aromatic rings. The Morgan fingerprint density at radius 3 is 3.30 bits per heavy atom. The lowest BCUT2D eigenvalue weighted by Gasteiger charge is -2.04. The standard InChI is InChI=1S/C6H7NO2S/c1-2-5(8)9-6-7-3-4-10-6/h2-3,6H,1,4H2. The van der Waals surface area contributed by atoms with Crippen LogP contribution in [0.1, 0.15) is 0 Å². The quantitative estimate of drug-likeness (QED) is 0.440. The molecule has 54 valence electrons. The van der Waals surface area contributed by atoms with E-state index < -0.39 is 5.97 Å². The third kappa shape index (κ3) is 1.88. The number of hydrogen-bond acceptors (Lipinski definition) is 4. The molecule has 1 atom stereocenters. The maximum Gasteiger partial charge on any atom is 0.332 e. The van der Waals surface area contributed by atoms with Crippen molar-refractivity contribution in [2.24, 2.45) is 4.99 Å². The Balaban J connectivity index is 2.31. The summed E-state index contributed by atoms with van der Waals surface area (Å²) in [6.45, 7) is 3.27. The Hall–Kier alpha value is -0.770. The normalized spacial score (nSPS) is 22.6. The van der Waals surface area contributed by atoms with Gasteiger partial charge in [0.25, 0.3) is 0 Å². The van der Waals surface area contributed by atoms with Crippen molar-refractivity contribution in [2.45, 2.75) is 5.56 Å². The predicted molar refractivity (Wildman–Crippen MR) is 41.0 cm³/mol. The zero-order valence-corrected chi connectivity index (χ0v) is 6.13. The molecule has 0 radical (unpaired) electrons. The van der Waals surface area contributed by atoms with Crippen molar-refractivity contribution in [3.63, 3.8) is 0 Å². The van der Waals surface area contributed by atoms with Crippen molar-refractivity contribution in [2.75, 3.05) is 5.75 Å². The number of rotatable bonds is 2. The molecule has 1 heterocycles. The molecule has 10 heavy (non-hydrogen) atoms. The summed E-state index contributed by atoms with van der Waals surface area (Å²) < 4.78 is 4.77. The van der Waals surface area contributed by atoms with Crippen LogP contribution in [0, 0.1) is 0 Å². The van der Waals surface area contributed by atoms with Crippen LogP contribution in [0.4, 0.5) is 0 Å². The van der Waals surface area contributed by atoms with Gasteiger partial charge in [-0.3, -0.25) is 0 Å². The van der Waals surface area contributed by atoms with Crippen LogP contribution in [0.5, 0.6) is 0 Å². The Bertz CT molecular complexity index is 179. The zero-order valence-electron chi connectivity index (χ0n) is 5.32. The summed E-state index contributed by atoms with van der Waals surface area (Å²) in [4.78, 5) is 14.4. The molecule has 1 rings (SSSR count). The third-order valence-corrected chi connectivity index (χ3v) is 1.77. The first-order valence-electron chi connectivity index (χ1n) is 2.79. The van der Waals surface area contributed by atoms with Gasteiger partial charge in [-0.2, -0.15) is 0 Å². The molecule has 1 unspecified atom stereocenters. The minimum atomic E-state index is -0.420. The highest BCUT2D eigenvalue weighted by Gasteiger charge is 2.13. The van der Waals surface area contributed by atoms with Crippen molar-refractivity contribution in [3.05, 3.63) is 12.7 Å². The number of thioether (sulfide) groups is 1. The molecule has 0 bridgehead atoms. The van der Waals surface area contributed by atoms with Crippen LogP contribution < -0.4 is 0 Å². The molecule has 0 aromatic heterocycles. The van der Waals surface area contributed by atoms with E-state index in [1.165, 1.54) is 11.8 Å². The lowest BCUT2D eigenvalue weighted by Crippen LogP contribution is -2.07. The number of carbonyl (C=O) groups excluding carboxylic acids is 1. The number of ether oxygens (including phenoxy) is 1. The van der Waals surface area contributed by atoms with Crippen LogP contribution in [0.25, 0.3) is 0 Å². The number of nitrogens with zero attached hydrogens (tertiary/aromatic N) is 1. The van der Waals surface area contributed by atoms with Gasteiger partial charge in [-0.05, 0) is 0 Å². The van der Waals surface area contributed by atoms with Crippen molar-refractivity contribution < 1.29 is 9.53 Å². The molecule has 1 aliphatic rings. The van der Waals surface area contributed by atoms with Gasteiger partial charge in [-0.1, -0.05) is 18.3 Å². The van der Waals surface area contributed by atoms with Gasteiger partial charge < -0.3 is 4.74 Å². The van der Waals surface area contributed by atoms with E-state index in [9.17, 15) is 4.79 Å². The molecule has 0 fully saturated rings. The first-order valence-corrected chi connectivity index (χ1v) is 3.84. The van der Waals surface area contributed by atoms with Crippen LogP contribution in [0.15, 0.2) is 17.6 Å². The third-order valence-electron chi connectivity index (χ3n) is 0.924. The fourth-order valence-electron chi connectivity index (χ4n) is 0.509. The molecule has 0 N–H and O–H groups in total. The lowest BCUT2D eigenvalue weighted by atomic mass is 10.7. The first-order chi connectivity index (χ1) is 4.83. The van der Waals surface area contributed by atoms with E-state index in [0.717, 1.165) is 11.8 Å². The predicted octanol–water partition coefficient (Wildman–Crippen LogP) is 0.817. The Morgan fingerprint density at radius 2 is 2.80 bits per heavy atom. The summed E-state index contributed by atoms with van der Waals surface area (Å²) in [5.74, 6) is 0.395. The number of hydrogen-bond donors (Lipinski definition) is 0.